The Balaban J connectivity index is 2.57. The number of hydrogen-bond donors (Lipinski definition) is 0. The SMILES string of the molecule is CCC1=C(CC)c2c(Cl)cccc2C1. The van der Waals surface area contributed by atoms with Crippen LogP contribution in [0.1, 0.15) is 37.8 Å². The van der Waals surface area contributed by atoms with Crippen molar-refractivity contribution in [2.45, 2.75) is 33.1 Å². The first-order valence-corrected chi connectivity index (χ1v) is 5.64. The Labute approximate surface area is 90.6 Å². The number of rotatable bonds is 2. The zero-order chi connectivity index (χ0) is 10.1. The molecule has 0 aromatic heterocycles. The van der Waals surface area contributed by atoms with Gasteiger partial charge in [0.1, 0.15) is 0 Å². The molecule has 0 spiro atoms. The minimum Gasteiger partial charge on any atom is -0.0837 e. The van der Waals surface area contributed by atoms with Gasteiger partial charge >= 0.3 is 0 Å². The van der Waals surface area contributed by atoms with Crippen LogP contribution in [-0.2, 0) is 6.42 Å². The van der Waals surface area contributed by atoms with Crippen molar-refractivity contribution in [3.8, 4) is 0 Å². The second kappa shape index (κ2) is 3.78. The Kier molecular flexibility index (Phi) is 2.64. The smallest absolute Gasteiger partial charge is 0.0484 e. The molecule has 0 atom stereocenters. The van der Waals surface area contributed by atoms with Crippen LogP contribution in [0, 0.1) is 0 Å². The third kappa shape index (κ3) is 1.38. The molecular formula is C13H15Cl. The van der Waals surface area contributed by atoms with Crippen LogP contribution in [0.3, 0.4) is 0 Å². The Morgan fingerprint density at radius 3 is 2.64 bits per heavy atom. The highest BCUT2D eigenvalue weighted by Gasteiger charge is 2.20. The third-order valence-electron chi connectivity index (χ3n) is 3.01. The van der Waals surface area contributed by atoms with E-state index >= 15 is 0 Å². The van der Waals surface area contributed by atoms with Gasteiger partial charge in [0.2, 0.25) is 0 Å². The van der Waals surface area contributed by atoms with Gasteiger partial charge in [0.25, 0.3) is 0 Å². The van der Waals surface area contributed by atoms with Crippen molar-refractivity contribution < 1.29 is 0 Å². The molecule has 1 aromatic rings. The highest BCUT2D eigenvalue weighted by molar-refractivity contribution is 6.32. The Morgan fingerprint density at radius 2 is 2.00 bits per heavy atom. The zero-order valence-electron chi connectivity index (χ0n) is 8.73. The summed E-state index contributed by atoms with van der Waals surface area (Å²) in [6, 6.07) is 6.24. The van der Waals surface area contributed by atoms with Gasteiger partial charge in [-0.2, -0.15) is 0 Å². The van der Waals surface area contributed by atoms with Crippen LogP contribution in [0.25, 0.3) is 5.57 Å². The lowest BCUT2D eigenvalue weighted by atomic mass is 10.0. The Morgan fingerprint density at radius 1 is 1.21 bits per heavy atom. The summed E-state index contributed by atoms with van der Waals surface area (Å²) in [4.78, 5) is 0. The fraction of sp³-hybridized carbons (Fsp3) is 0.385. The summed E-state index contributed by atoms with van der Waals surface area (Å²) in [7, 11) is 0. The monoisotopic (exact) mass is 206 g/mol. The Hall–Kier alpha value is -0.750. The van der Waals surface area contributed by atoms with E-state index in [1.54, 1.807) is 5.57 Å². The van der Waals surface area contributed by atoms with Gasteiger partial charge in [0.05, 0.1) is 0 Å². The van der Waals surface area contributed by atoms with Crippen molar-refractivity contribution >= 4 is 17.2 Å². The van der Waals surface area contributed by atoms with E-state index in [1.165, 1.54) is 16.7 Å². The van der Waals surface area contributed by atoms with E-state index in [9.17, 15) is 0 Å². The number of halogens is 1. The normalized spacial score (nSPS) is 14.8. The summed E-state index contributed by atoms with van der Waals surface area (Å²) in [6.45, 7) is 4.44. The maximum atomic E-state index is 6.23. The molecule has 0 unspecified atom stereocenters. The molecule has 0 nitrogen and oxygen atoms in total. The van der Waals surface area contributed by atoms with Gasteiger partial charge in [-0.25, -0.2) is 0 Å². The van der Waals surface area contributed by atoms with Crippen LogP contribution in [0.5, 0.6) is 0 Å². The summed E-state index contributed by atoms with van der Waals surface area (Å²) < 4.78 is 0. The lowest BCUT2D eigenvalue weighted by Crippen LogP contribution is -1.84. The minimum absolute atomic E-state index is 0.919. The maximum Gasteiger partial charge on any atom is 0.0484 e. The fourth-order valence-corrected chi connectivity index (χ4v) is 2.64. The Bertz CT molecular complexity index is 388. The molecule has 0 heterocycles. The molecule has 0 aliphatic heterocycles. The summed E-state index contributed by atoms with van der Waals surface area (Å²) in [5.74, 6) is 0. The molecule has 0 amide bonds. The van der Waals surface area contributed by atoms with Gasteiger partial charge in [-0.1, -0.05) is 43.2 Å². The van der Waals surface area contributed by atoms with Crippen LogP contribution in [0.4, 0.5) is 0 Å². The van der Waals surface area contributed by atoms with Crippen LogP contribution in [0.15, 0.2) is 23.8 Å². The van der Waals surface area contributed by atoms with Gasteiger partial charge in [0.15, 0.2) is 0 Å². The molecule has 0 radical (unpaired) electrons. The lowest BCUT2D eigenvalue weighted by Gasteiger charge is -2.05. The molecule has 74 valence electrons. The number of fused-ring (bicyclic) bond motifs is 1. The van der Waals surface area contributed by atoms with Gasteiger partial charge in [-0.3, -0.25) is 0 Å². The van der Waals surface area contributed by atoms with Gasteiger partial charge < -0.3 is 0 Å². The van der Waals surface area contributed by atoms with E-state index in [0.717, 1.165) is 24.3 Å². The molecule has 14 heavy (non-hydrogen) atoms. The van der Waals surface area contributed by atoms with Gasteiger partial charge in [-0.15, -0.1) is 0 Å². The molecule has 0 saturated carbocycles. The van der Waals surface area contributed by atoms with E-state index in [2.05, 4.69) is 19.9 Å². The summed E-state index contributed by atoms with van der Waals surface area (Å²) in [5.41, 5.74) is 5.77. The van der Waals surface area contributed by atoms with E-state index < -0.39 is 0 Å². The van der Waals surface area contributed by atoms with Crippen molar-refractivity contribution in [1.82, 2.24) is 0 Å². The topological polar surface area (TPSA) is 0 Å². The summed E-state index contributed by atoms with van der Waals surface area (Å²) in [5, 5.41) is 0.919. The zero-order valence-corrected chi connectivity index (χ0v) is 9.49. The molecule has 1 aliphatic rings. The first-order chi connectivity index (χ1) is 6.77. The van der Waals surface area contributed by atoms with E-state index in [-0.39, 0.29) is 0 Å². The molecule has 0 saturated heterocycles. The highest BCUT2D eigenvalue weighted by atomic mass is 35.5. The molecule has 1 aromatic carbocycles. The van der Waals surface area contributed by atoms with Crippen molar-refractivity contribution in [1.29, 1.82) is 0 Å². The van der Waals surface area contributed by atoms with Crippen molar-refractivity contribution in [3.63, 3.8) is 0 Å². The lowest BCUT2D eigenvalue weighted by molar-refractivity contribution is 1.02. The van der Waals surface area contributed by atoms with E-state index in [0.29, 0.717) is 0 Å². The molecule has 0 fully saturated rings. The first kappa shape index (κ1) is 9.79. The summed E-state index contributed by atoms with van der Waals surface area (Å²) in [6.07, 6.45) is 3.35. The predicted octanol–water partition coefficient (Wildman–Crippen LogP) is 4.47. The summed E-state index contributed by atoms with van der Waals surface area (Å²) >= 11 is 6.23. The second-order valence-corrected chi connectivity index (χ2v) is 4.15. The molecule has 1 aliphatic carbocycles. The quantitative estimate of drug-likeness (QED) is 0.670. The second-order valence-electron chi connectivity index (χ2n) is 3.74. The fourth-order valence-electron chi connectivity index (χ4n) is 2.33. The molecular weight excluding hydrogens is 192 g/mol. The van der Waals surface area contributed by atoms with Crippen LogP contribution < -0.4 is 0 Å². The van der Waals surface area contributed by atoms with Gasteiger partial charge in [0, 0.05) is 5.02 Å². The molecule has 1 heteroatoms. The van der Waals surface area contributed by atoms with Crippen molar-refractivity contribution in [2.24, 2.45) is 0 Å². The predicted molar refractivity (Wildman–Crippen MR) is 62.7 cm³/mol. The van der Waals surface area contributed by atoms with Crippen LogP contribution >= 0.6 is 11.6 Å². The largest absolute Gasteiger partial charge is 0.0837 e. The average molecular weight is 207 g/mol. The standard InChI is InChI=1S/C13H15Cl/c1-3-9-8-10-6-5-7-12(14)13(10)11(9)4-2/h5-7H,3-4,8H2,1-2H3. The molecule has 0 bridgehead atoms. The third-order valence-corrected chi connectivity index (χ3v) is 3.33. The van der Waals surface area contributed by atoms with Crippen molar-refractivity contribution in [3.05, 3.63) is 39.9 Å². The van der Waals surface area contributed by atoms with E-state index in [1.807, 2.05) is 12.1 Å². The van der Waals surface area contributed by atoms with E-state index in [4.69, 9.17) is 11.6 Å². The average Bonchev–Trinajstić information content (AvgIpc) is 2.56. The number of hydrogen-bond acceptors (Lipinski definition) is 0. The number of benzene rings is 1. The van der Waals surface area contributed by atoms with Crippen LogP contribution in [0.2, 0.25) is 5.02 Å². The number of allylic oxidation sites excluding steroid dienone is 2. The molecule has 2 rings (SSSR count). The highest BCUT2D eigenvalue weighted by Crippen LogP contribution is 2.40. The van der Waals surface area contributed by atoms with Gasteiger partial charge in [-0.05, 0) is 42.0 Å². The molecule has 0 N–H and O–H groups in total. The van der Waals surface area contributed by atoms with Crippen molar-refractivity contribution in [2.75, 3.05) is 0 Å². The maximum absolute atomic E-state index is 6.23. The van der Waals surface area contributed by atoms with Crippen LogP contribution in [-0.4, -0.2) is 0 Å². The minimum atomic E-state index is 0.919. The first-order valence-electron chi connectivity index (χ1n) is 5.26.